The highest BCUT2D eigenvalue weighted by atomic mass is 32.1. The van der Waals surface area contributed by atoms with E-state index in [2.05, 4.69) is 16.4 Å². The Bertz CT molecular complexity index is 842. The number of hydrogen-bond acceptors (Lipinski definition) is 5. The Balaban J connectivity index is 1.68. The van der Waals surface area contributed by atoms with E-state index in [9.17, 15) is 4.79 Å². The highest BCUT2D eigenvalue weighted by Crippen LogP contribution is 2.35. The molecule has 144 valence electrons. The first-order valence-corrected chi connectivity index (χ1v) is 10.1. The number of rotatable bonds is 7. The van der Waals surface area contributed by atoms with Gasteiger partial charge >= 0.3 is 0 Å². The van der Waals surface area contributed by atoms with Crippen LogP contribution < -0.4 is 14.8 Å². The molecule has 1 aliphatic rings. The Morgan fingerprint density at radius 1 is 1.22 bits per heavy atom. The lowest BCUT2D eigenvalue weighted by molar-refractivity contribution is 0.0957. The van der Waals surface area contributed by atoms with Crippen molar-refractivity contribution in [3.05, 3.63) is 40.4 Å². The van der Waals surface area contributed by atoms with Gasteiger partial charge in [0, 0.05) is 12.1 Å². The molecule has 1 N–H and O–H groups in total. The fourth-order valence-electron chi connectivity index (χ4n) is 3.25. The van der Waals surface area contributed by atoms with Crippen LogP contribution in [0, 0.1) is 6.92 Å². The summed E-state index contributed by atoms with van der Waals surface area (Å²) in [7, 11) is 3.21. The van der Waals surface area contributed by atoms with Crippen LogP contribution in [0.3, 0.4) is 0 Å². The average Bonchev–Trinajstić information content (AvgIpc) is 3.10. The molecule has 0 saturated carbocycles. The number of carbonyl (C=O) groups is 1. The number of aryl methyl sites for hydroxylation is 1. The number of carbonyl (C=O) groups excluding carboxylic acids is 1. The Morgan fingerprint density at radius 2 is 2.04 bits per heavy atom. The second kappa shape index (κ2) is 9.04. The largest absolute Gasteiger partial charge is 0.493 e. The minimum Gasteiger partial charge on any atom is -0.493 e. The number of nitrogens with one attached hydrogen (secondary N) is 1. The SMILES string of the molecule is COc1ccc(-c2nc(C)c(C(=O)NCCC3=CCCCC3)s2)cc1OC. The van der Waals surface area contributed by atoms with Crippen LogP contribution in [0.2, 0.25) is 0 Å². The Hall–Kier alpha value is -2.34. The summed E-state index contributed by atoms with van der Waals surface area (Å²) < 4.78 is 10.6. The topological polar surface area (TPSA) is 60.5 Å². The molecule has 0 aliphatic heterocycles. The van der Waals surface area contributed by atoms with Gasteiger partial charge in [0.2, 0.25) is 0 Å². The molecular weight excluding hydrogens is 360 g/mol. The van der Waals surface area contributed by atoms with Crippen LogP contribution in [-0.4, -0.2) is 31.7 Å². The first-order valence-electron chi connectivity index (χ1n) is 9.28. The summed E-state index contributed by atoms with van der Waals surface area (Å²) in [6.45, 7) is 2.55. The van der Waals surface area contributed by atoms with Gasteiger partial charge in [0.05, 0.1) is 19.9 Å². The smallest absolute Gasteiger partial charge is 0.263 e. The molecule has 0 spiro atoms. The fourth-order valence-corrected chi connectivity index (χ4v) is 4.23. The second-order valence-corrected chi connectivity index (χ2v) is 7.62. The molecule has 1 amide bonds. The molecule has 0 atom stereocenters. The highest BCUT2D eigenvalue weighted by Gasteiger charge is 2.17. The van der Waals surface area contributed by atoms with Gasteiger partial charge in [0.1, 0.15) is 9.88 Å². The minimum atomic E-state index is -0.0480. The van der Waals surface area contributed by atoms with Gasteiger partial charge in [-0.1, -0.05) is 11.6 Å². The maximum atomic E-state index is 12.6. The average molecular weight is 387 g/mol. The summed E-state index contributed by atoms with van der Waals surface area (Å²) in [5.41, 5.74) is 3.12. The number of hydrogen-bond donors (Lipinski definition) is 1. The van der Waals surface area contributed by atoms with E-state index in [4.69, 9.17) is 9.47 Å². The first-order chi connectivity index (χ1) is 13.1. The molecule has 1 aromatic carbocycles. The molecule has 0 unspecified atom stereocenters. The zero-order valence-corrected chi connectivity index (χ0v) is 16.9. The number of benzene rings is 1. The van der Waals surface area contributed by atoms with E-state index in [-0.39, 0.29) is 5.91 Å². The first kappa shape index (κ1) is 19.4. The van der Waals surface area contributed by atoms with Crippen molar-refractivity contribution in [1.29, 1.82) is 0 Å². The van der Waals surface area contributed by atoms with Gasteiger partial charge in [0.25, 0.3) is 5.91 Å². The molecule has 27 heavy (non-hydrogen) atoms. The van der Waals surface area contributed by atoms with E-state index >= 15 is 0 Å². The number of nitrogens with zero attached hydrogens (tertiary/aromatic N) is 1. The zero-order chi connectivity index (χ0) is 19.2. The molecule has 1 aliphatic carbocycles. The number of thiazole rings is 1. The molecule has 0 bridgehead atoms. The molecule has 3 rings (SSSR count). The van der Waals surface area contributed by atoms with Crippen LogP contribution in [0.15, 0.2) is 29.8 Å². The van der Waals surface area contributed by atoms with E-state index in [0.29, 0.717) is 22.9 Å². The van der Waals surface area contributed by atoms with Crippen molar-refractivity contribution in [2.75, 3.05) is 20.8 Å². The lowest BCUT2D eigenvalue weighted by Gasteiger charge is -2.12. The molecular formula is C21H26N2O3S. The maximum Gasteiger partial charge on any atom is 0.263 e. The van der Waals surface area contributed by atoms with Crippen LogP contribution >= 0.6 is 11.3 Å². The van der Waals surface area contributed by atoms with E-state index in [0.717, 1.165) is 22.7 Å². The predicted octanol–water partition coefficient (Wildman–Crippen LogP) is 4.76. The lowest BCUT2D eigenvalue weighted by atomic mass is 9.97. The quantitative estimate of drug-likeness (QED) is 0.697. The van der Waals surface area contributed by atoms with E-state index in [1.54, 1.807) is 14.2 Å². The van der Waals surface area contributed by atoms with Crippen molar-refractivity contribution in [3.8, 4) is 22.1 Å². The summed E-state index contributed by atoms with van der Waals surface area (Å²) in [5, 5.41) is 3.84. The molecule has 2 aromatic rings. The van der Waals surface area contributed by atoms with Crippen LogP contribution in [0.4, 0.5) is 0 Å². The third-order valence-corrected chi connectivity index (χ3v) is 5.96. The van der Waals surface area contributed by atoms with E-state index in [1.807, 2.05) is 25.1 Å². The third-order valence-electron chi connectivity index (χ3n) is 4.75. The van der Waals surface area contributed by atoms with Crippen molar-refractivity contribution < 1.29 is 14.3 Å². The molecule has 0 radical (unpaired) electrons. The molecule has 0 fully saturated rings. The van der Waals surface area contributed by atoms with Gasteiger partial charge in [0.15, 0.2) is 11.5 Å². The zero-order valence-electron chi connectivity index (χ0n) is 16.1. The number of allylic oxidation sites excluding steroid dienone is 1. The Morgan fingerprint density at radius 3 is 2.74 bits per heavy atom. The van der Waals surface area contributed by atoms with Gasteiger partial charge in [-0.05, 0) is 57.2 Å². The monoisotopic (exact) mass is 386 g/mol. The number of ether oxygens (including phenoxy) is 2. The Labute approximate surface area is 164 Å². The predicted molar refractivity (Wildman–Crippen MR) is 109 cm³/mol. The normalized spacial score (nSPS) is 13.8. The minimum absolute atomic E-state index is 0.0480. The number of methoxy groups -OCH3 is 2. The fraction of sp³-hybridized carbons (Fsp3) is 0.429. The van der Waals surface area contributed by atoms with Gasteiger partial charge in [-0.2, -0.15) is 0 Å². The number of amides is 1. The van der Waals surface area contributed by atoms with Crippen LogP contribution in [0.1, 0.15) is 47.5 Å². The molecule has 5 nitrogen and oxygen atoms in total. The van der Waals surface area contributed by atoms with Crippen molar-refractivity contribution in [3.63, 3.8) is 0 Å². The highest BCUT2D eigenvalue weighted by molar-refractivity contribution is 7.17. The standard InChI is InChI=1S/C21H26N2O3S/c1-14-19(20(24)22-12-11-15-7-5-4-6-8-15)27-21(23-14)16-9-10-17(25-2)18(13-16)26-3/h7,9-10,13H,4-6,8,11-12H2,1-3H3,(H,22,24). The van der Waals surface area contributed by atoms with Crippen molar-refractivity contribution in [2.45, 2.75) is 39.0 Å². The van der Waals surface area contributed by atoms with Gasteiger partial charge in [-0.3, -0.25) is 4.79 Å². The lowest BCUT2D eigenvalue weighted by Crippen LogP contribution is -2.24. The van der Waals surface area contributed by atoms with Crippen LogP contribution in [0.5, 0.6) is 11.5 Å². The molecule has 1 aromatic heterocycles. The van der Waals surface area contributed by atoms with Crippen LogP contribution in [0.25, 0.3) is 10.6 Å². The van der Waals surface area contributed by atoms with Gasteiger partial charge in [-0.15, -0.1) is 11.3 Å². The number of aromatic nitrogens is 1. The summed E-state index contributed by atoms with van der Waals surface area (Å²) in [6.07, 6.45) is 8.15. The summed E-state index contributed by atoms with van der Waals surface area (Å²) in [4.78, 5) is 17.8. The Kier molecular flexibility index (Phi) is 6.50. The molecule has 6 heteroatoms. The van der Waals surface area contributed by atoms with Crippen molar-refractivity contribution in [2.24, 2.45) is 0 Å². The third kappa shape index (κ3) is 4.69. The van der Waals surface area contributed by atoms with Gasteiger partial charge in [-0.25, -0.2) is 4.98 Å². The van der Waals surface area contributed by atoms with Crippen molar-refractivity contribution >= 4 is 17.2 Å². The second-order valence-electron chi connectivity index (χ2n) is 6.62. The molecule has 0 saturated heterocycles. The summed E-state index contributed by atoms with van der Waals surface area (Å²) in [6, 6.07) is 5.66. The molecule has 1 heterocycles. The summed E-state index contributed by atoms with van der Waals surface area (Å²) in [5.74, 6) is 1.27. The van der Waals surface area contributed by atoms with E-state index < -0.39 is 0 Å². The summed E-state index contributed by atoms with van der Waals surface area (Å²) >= 11 is 1.41. The van der Waals surface area contributed by atoms with E-state index in [1.165, 1.54) is 42.6 Å². The van der Waals surface area contributed by atoms with Crippen LogP contribution in [-0.2, 0) is 0 Å². The van der Waals surface area contributed by atoms with Gasteiger partial charge < -0.3 is 14.8 Å². The maximum absolute atomic E-state index is 12.6. The van der Waals surface area contributed by atoms with Crippen molar-refractivity contribution in [1.82, 2.24) is 10.3 Å².